The summed E-state index contributed by atoms with van der Waals surface area (Å²) in [4.78, 5) is 20.9. The highest BCUT2D eigenvalue weighted by molar-refractivity contribution is 5.95. The van der Waals surface area contributed by atoms with Gasteiger partial charge in [0.25, 0.3) is 0 Å². The second-order valence-electron chi connectivity index (χ2n) is 7.65. The number of anilines is 1. The Hall–Kier alpha value is -3.62. The minimum Gasteiger partial charge on any atom is -0.485 e. The molecule has 0 unspecified atom stereocenters. The summed E-state index contributed by atoms with van der Waals surface area (Å²) in [6.45, 7) is 3.47. The van der Waals surface area contributed by atoms with Crippen LogP contribution in [0.25, 0.3) is 0 Å². The number of benzene rings is 1. The maximum absolute atomic E-state index is 13.9. The van der Waals surface area contributed by atoms with Crippen LogP contribution in [0.5, 0.6) is 5.75 Å². The topological polar surface area (TPSA) is 88.2 Å². The highest BCUT2D eigenvalue weighted by Gasteiger charge is 2.60. The summed E-state index contributed by atoms with van der Waals surface area (Å²) in [5.74, 6) is -0.744. The van der Waals surface area contributed by atoms with Crippen molar-refractivity contribution in [3.8, 4) is 5.75 Å². The van der Waals surface area contributed by atoms with E-state index >= 15 is 0 Å². The molecule has 1 fully saturated rings. The van der Waals surface area contributed by atoms with Gasteiger partial charge in [-0.25, -0.2) is 13.8 Å². The predicted molar refractivity (Wildman–Crippen MR) is 119 cm³/mol. The molecule has 1 saturated carbocycles. The van der Waals surface area contributed by atoms with Crippen LogP contribution in [0, 0.1) is 31.4 Å². The molecule has 33 heavy (non-hydrogen) atoms. The van der Waals surface area contributed by atoms with Crippen molar-refractivity contribution in [1.29, 1.82) is 0 Å². The minimum absolute atomic E-state index is 0. The van der Waals surface area contributed by atoms with Crippen LogP contribution >= 0.6 is 0 Å². The summed E-state index contributed by atoms with van der Waals surface area (Å²) >= 11 is 0. The highest BCUT2D eigenvalue weighted by atomic mass is 19.1. The number of aromatic nitrogens is 3. The van der Waals surface area contributed by atoms with Gasteiger partial charge in [0, 0.05) is 19.3 Å². The SMILES string of the molecule is C.C.Cc1nc(C)[n+](O)cc1OC[C@@]1(c2cccc(F)c2)C[C@H]1C(=O)Nc1ccc(F)cn1. The van der Waals surface area contributed by atoms with E-state index in [1.165, 1.54) is 30.5 Å². The Kier molecular flexibility index (Phi) is 7.68. The normalized spacial score (nSPS) is 18.5. The van der Waals surface area contributed by atoms with Crippen molar-refractivity contribution < 1.29 is 28.2 Å². The van der Waals surface area contributed by atoms with Gasteiger partial charge in [0.2, 0.25) is 11.7 Å². The van der Waals surface area contributed by atoms with E-state index in [9.17, 15) is 18.8 Å². The van der Waals surface area contributed by atoms with Crippen LogP contribution in [0.4, 0.5) is 14.6 Å². The summed E-state index contributed by atoms with van der Waals surface area (Å²) in [6, 6.07) is 8.64. The average Bonchev–Trinajstić information content (AvgIpc) is 3.48. The number of hydrogen-bond acceptors (Lipinski definition) is 5. The largest absolute Gasteiger partial charge is 0.485 e. The van der Waals surface area contributed by atoms with Gasteiger partial charge >= 0.3 is 5.82 Å². The molecule has 4 rings (SSSR count). The summed E-state index contributed by atoms with van der Waals surface area (Å²) in [5.41, 5.74) is 0.452. The number of nitrogens with zero attached hydrogens (tertiary/aromatic N) is 3. The van der Waals surface area contributed by atoms with Crippen molar-refractivity contribution in [2.24, 2.45) is 5.92 Å². The van der Waals surface area contributed by atoms with E-state index in [0.717, 1.165) is 10.9 Å². The zero-order valence-electron chi connectivity index (χ0n) is 17.0. The van der Waals surface area contributed by atoms with Crippen molar-refractivity contribution in [3.63, 3.8) is 0 Å². The van der Waals surface area contributed by atoms with Crippen molar-refractivity contribution >= 4 is 11.7 Å². The Morgan fingerprint density at radius 2 is 2.00 bits per heavy atom. The van der Waals surface area contributed by atoms with Crippen molar-refractivity contribution in [2.75, 3.05) is 11.9 Å². The van der Waals surface area contributed by atoms with E-state index < -0.39 is 23.0 Å². The van der Waals surface area contributed by atoms with Crippen LogP contribution in [0.1, 0.15) is 38.4 Å². The first-order chi connectivity index (χ1) is 14.8. The summed E-state index contributed by atoms with van der Waals surface area (Å²) in [7, 11) is 0. The zero-order valence-corrected chi connectivity index (χ0v) is 17.0. The standard InChI is InChI=1S/C22H20F2N4O3.2CH4/c1-13-19(11-28(30)14(2)26-13)31-12-22(15-4-3-5-16(23)8-15)9-18(22)21(29)27-20-7-6-17(24)10-25-20;;/h3-8,10-11,18H,9,12H2,1-2H3,(H-,25,27,29,30);2*1H4/p+1/t18-,22+;;/m0../s1. The minimum atomic E-state index is -0.760. The van der Waals surface area contributed by atoms with Crippen LogP contribution < -0.4 is 14.8 Å². The van der Waals surface area contributed by atoms with E-state index in [-0.39, 0.29) is 33.2 Å². The van der Waals surface area contributed by atoms with Gasteiger partial charge in [-0.3, -0.25) is 4.79 Å². The first-order valence-corrected chi connectivity index (χ1v) is 9.69. The van der Waals surface area contributed by atoms with E-state index in [2.05, 4.69) is 15.3 Å². The fourth-order valence-electron chi connectivity index (χ4n) is 3.67. The Morgan fingerprint density at radius 1 is 1.24 bits per heavy atom. The van der Waals surface area contributed by atoms with Crippen molar-refractivity contribution in [1.82, 2.24) is 9.97 Å². The molecule has 0 radical (unpaired) electrons. The molecular formula is C24H29F2N4O3+. The molecule has 0 bridgehead atoms. The van der Waals surface area contributed by atoms with Gasteiger partial charge in [-0.2, -0.15) is 0 Å². The number of carbonyl (C=O) groups is 1. The van der Waals surface area contributed by atoms with Gasteiger partial charge in [0.15, 0.2) is 11.9 Å². The molecule has 2 heterocycles. The van der Waals surface area contributed by atoms with Gasteiger partial charge in [-0.05, 0) is 46.0 Å². The monoisotopic (exact) mass is 459 g/mol. The summed E-state index contributed by atoms with van der Waals surface area (Å²) in [6.07, 6.45) is 2.85. The third kappa shape index (κ3) is 5.24. The number of aryl methyl sites for hydroxylation is 2. The smallest absolute Gasteiger partial charge is 0.334 e. The summed E-state index contributed by atoms with van der Waals surface area (Å²) < 4.78 is 33.8. The number of amides is 1. The average molecular weight is 460 g/mol. The first-order valence-electron chi connectivity index (χ1n) is 9.69. The number of ether oxygens (including phenoxy) is 1. The van der Waals surface area contributed by atoms with E-state index in [1.807, 2.05) is 0 Å². The van der Waals surface area contributed by atoms with Gasteiger partial charge < -0.3 is 15.3 Å². The Labute approximate surface area is 192 Å². The molecule has 0 spiro atoms. The lowest BCUT2D eigenvalue weighted by molar-refractivity contribution is -0.911. The fourth-order valence-corrected chi connectivity index (χ4v) is 3.67. The number of rotatable bonds is 6. The second kappa shape index (κ2) is 9.89. The Balaban J connectivity index is 0.00000193. The van der Waals surface area contributed by atoms with Crippen LogP contribution in [0.2, 0.25) is 0 Å². The molecule has 1 amide bonds. The molecule has 0 aliphatic heterocycles. The molecular weight excluding hydrogens is 430 g/mol. The van der Waals surface area contributed by atoms with Gasteiger partial charge in [-0.1, -0.05) is 27.0 Å². The molecule has 2 atom stereocenters. The number of nitrogens with one attached hydrogen (secondary N) is 1. The van der Waals surface area contributed by atoms with Crippen molar-refractivity contribution in [3.05, 3.63) is 77.5 Å². The number of halogens is 2. The van der Waals surface area contributed by atoms with E-state index in [1.54, 1.807) is 26.0 Å². The Morgan fingerprint density at radius 3 is 2.67 bits per heavy atom. The molecule has 0 saturated heterocycles. The van der Waals surface area contributed by atoms with Crippen LogP contribution in [-0.2, 0) is 10.2 Å². The molecule has 1 aromatic carbocycles. The van der Waals surface area contributed by atoms with Crippen LogP contribution in [0.3, 0.4) is 0 Å². The zero-order chi connectivity index (χ0) is 22.2. The number of hydrogen-bond donors (Lipinski definition) is 2. The molecule has 1 aliphatic rings. The molecule has 9 heteroatoms. The van der Waals surface area contributed by atoms with Crippen molar-refractivity contribution in [2.45, 2.75) is 40.5 Å². The lowest BCUT2D eigenvalue weighted by Crippen LogP contribution is -2.35. The second-order valence-corrected chi connectivity index (χ2v) is 7.65. The van der Waals surface area contributed by atoms with E-state index in [4.69, 9.17) is 4.74 Å². The van der Waals surface area contributed by atoms with E-state index in [0.29, 0.717) is 29.3 Å². The lowest BCUT2D eigenvalue weighted by Gasteiger charge is -2.19. The maximum Gasteiger partial charge on any atom is 0.334 e. The van der Waals surface area contributed by atoms with Gasteiger partial charge in [0.05, 0.1) is 18.7 Å². The van der Waals surface area contributed by atoms with Gasteiger partial charge in [-0.15, -0.1) is 0 Å². The molecule has 3 aromatic rings. The first kappa shape index (κ1) is 25.6. The number of carbonyl (C=O) groups excluding carboxylic acids is 1. The summed E-state index contributed by atoms with van der Waals surface area (Å²) in [5, 5.41) is 12.5. The fraction of sp³-hybridized carbons (Fsp3) is 0.333. The molecule has 1 aliphatic carbocycles. The lowest BCUT2D eigenvalue weighted by atomic mass is 9.93. The quantitative estimate of drug-likeness (QED) is 0.427. The predicted octanol–water partition coefficient (Wildman–Crippen LogP) is 4.14. The molecule has 7 nitrogen and oxygen atoms in total. The molecule has 2 aromatic heterocycles. The van der Waals surface area contributed by atoms with Crippen LogP contribution in [-0.4, -0.2) is 27.7 Å². The molecule has 2 N–H and O–H groups in total. The number of pyridine rings is 1. The third-order valence-corrected chi connectivity index (χ3v) is 5.51. The highest BCUT2D eigenvalue weighted by Crippen LogP contribution is 2.55. The van der Waals surface area contributed by atoms with Gasteiger partial charge in [0.1, 0.15) is 17.5 Å². The third-order valence-electron chi connectivity index (χ3n) is 5.51. The van der Waals surface area contributed by atoms with Crippen LogP contribution in [0.15, 0.2) is 48.8 Å². The molecule has 176 valence electrons. The maximum atomic E-state index is 13.9. The Bertz CT molecular complexity index is 1140.